The molecule has 0 bridgehead atoms. The predicted octanol–water partition coefficient (Wildman–Crippen LogP) is 5.11. The summed E-state index contributed by atoms with van der Waals surface area (Å²) in [6.45, 7) is 1.65. The van der Waals surface area contributed by atoms with Crippen LogP contribution in [0.2, 0.25) is 0 Å². The molecule has 2 atom stereocenters. The number of aliphatic hydroxyl groups excluding tert-OH is 1. The summed E-state index contributed by atoms with van der Waals surface area (Å²) in [5, 5.41) is 27.2. The molecule has 0 saturated carbocycles. The molecule has 1 aliphatic heterocycles. The van der Waals surface area contributed by atoms with Crippen LogP contribution in [0.25, 0.3) is 28.5 Å². The molecule has 9 nitrogen and oxygen atoms in total. The fraction of sp³-hybridized carbons (Fsp3) is 0.333. The largest absolute Gasteiger partial charge is 0.481 e. The lowest BCUT2D eigenvalue weighted by atomic mass is 9.94. The van der Waals surface area contributed by atoms with Crippen molar-refractivity contribution in [3.05, 3.63) is 71.6 Å². The molecule has 1 aliphatic rings. The number of carboxylic acid groups (broad SMARTS) is 1. The number of nitrogens with zero attached hydrogens (tertiary/aromatic N) is 5. The highest BCUT2D eigenvalue weighted by Gasteiger charge is 2.41. The normalized spacial score (nSPS) is 17.1. The van der Waals surface area contributed by atoms with Gasteiger partial charge in [-0.15, -0.1) is 0 Å². The van der Waals surface area contributed by atoms with E-state index in [1.54, 1.807) is 24.3 Å². The highest BCUT2D eigenvalue weighted by Crippen LogP contribution is 2.39. The number of aliphatic hydroxyl groups is 1. The molecule has 2 aromatic carbocycles. The number of aromatic nitrogens is 4. The van der Waals surface area contributed by atoms with Crippen LogP contribution < -0.4 is 0 Å². The van der Waals surface area contributed by atoms with Crippen molar-refractivity contribution >= 4 is 5.97 Å². The zero-order valence-corrected chi connectivity index (χ0v) is 21.4. The molecular weight excluding hydrogens is 553 g/mol. The quantitative estimate of drug-likeness (QED) is 0.278. The maximum absolute atomic E-state index is 14.3. The fourth-order valence-corrected chi connectivity index (χ4v) is 5.00. The summed E-state index contributed by atoms with van der Waals surface area (Å²) in [5.41, 5.74) is -1.59. The van der Waals surface area contributed by atoms with E-state index in [0.717, 1.165) is 37.7 Å². The topological polar surface area (TPSA) is 118 Å². The Morgan fingerprint density at radius 1 is 1.15 bits per heavy atom. The number of halogens is 5. The molecule has 0 aliphatic carbocycles. The third-order valence-corrected chi connectivity index (χ3v) is 6.88. The third kappa shape index (κ3) is 6.28. The van der Waals surface area contributed by atoms with Gasteiger partial charge in [0, 0.05) is 31.1 Å². The average molecular weight is 578 g/mol. The summed E-state index contributed by atoms with van der Waals surface area (Å²) < 4.78 is 75.0. The maximum Gasteiger partial charge on any atom is 0.434 e. The zero-order valence-electron chi connectivity index (χ0n) is 21.4. The smallest absolute Gasteiger partial charge is 0.434 e. The Kier molecular flexibility index (Phi) is 7.87. The lowest BCUT2D eigenvalue weighted by Crippen LogP contribution is -2.38. The Morgan fingerprint density at radius 3 is 2.59 bits per heavy atom. The van der Waals surface area contributed by atoms with E-state index in [9.17, 15) is 31.9 Å². The van der Waals surface area contributed by atoms with Crippen LogP contribution in [-0.2, 0) is 11.0 Å². The van der Waals surface area contributed by atoms with Gasteiger partial charge >= 0.3 is 12.1 Å². The SMILES string of the molecule is O=C(O)CC1CCCN(CC(O)c2ccc(-c3noc(-c4cnn(-c5ccc(F)cc5F)c4C(F)(F)F)n3)cc2)C1. The van der Waals surface area contributed by atoms with Gasteiger partial charge in [-0.05, 0) is 43.0 Å². The summed E-state index contributed by atoms with van der Waals surface area (Å²) in [6, 6.07) is 8.53. The molecule has 2 N–H and O–H groups in total. The van der Waals surface area contributed by atoms with E-state index < -0.39 is 52.7 Å². The molecule has 0 radical (unpaired) electrons. The van der Waals surface area contributed by atoms with Gasteiger partial charge in [0.15, 0.2) is 11.5 Å². The second-order valence-electron chi connectivity index (χ2n) is 9.84. The highest BCUT2D eigenvalue weighted by molar-refractivity contribution is 5.67. The van der Waals surface area contributed by atoms with E-state index in [4.69, 9.17) is 9.63 Å². The van der Waals surface area contributed by atoms with Gasteiger partial charge in [-0.25, -0.2) is 13.5 Å². The third-order valence-electron chi connectivity index (χ3n) is 6.88. The molecule has 3 heterocycles. The van der Waals surface area contributed by atoms with E-state index in [2.05, 4.69) is 15.2 Å². The van der Waals surface area contributed by atoms with Gasteiger partial charge in [0.05, 0.1) is 17.9 Å². The number of piperidine rings is 1. The number of carboxylic acids is 1. The van der Waals surface area contributed by atoms with Gasteiger partial charge in [0.1, 0.15) is 11.5 Å². The van der Waals surface area contributed by atoms with E-state index in [-0.39, 0.29) is 18.2 Å². The molecular formula is C27H24F5N5O4. The molecule has 2 unspecified atom stereocenters. The summed E-state index contributed by atoms with van der Waals surface area (Å²) in [4.78, 5) is 17.1. The maximum atomic E-state index is 14.3. The summed E-state index contributed by atoms with van der Waals surface area (Å²) in [5.74, 6) is -3.54. The fourth-order valence-electron chi connectivity index (χ4n) is 5.00. The monoisotopic (exact) mass is 577 g/mol. The minimum Gasteiger partial charge on any atom is -0.481 e. The number of likely N-dealkylation sites (tertiary alicyclic amines) is 1. The van der Waals surface area contributed by atoms with Gasteiger partial charge in [0.2, 0.25) is 5.82 Å². The molecule has 1 fully saturated rings. The van der Waals surface area contributed by atoms with Crippen LogP contribution in [0.4, 0.5) is 22.0 Å². The number of rotatable bonds is 8. The van der Waals surface area contributed by atoms with Gasteiger partial charge < -0.3 is 19.6 Å². The van der Waals surface area contributed by atoms with Crippen molar-refractivity contribution in [2.75, 3.05) is 19.6 Å². The molecule has 0 amide bonds. The summed E-state index contributed by atoms with van der Waals surface area (Å²) >= 11 is 0. The number of aliphatic carboxylic acids is 1. The minimum absolute atomic E-state index is 0.0255. The first kappa shape index (κ1) is 28.4. The van der Waals surface area contributed by atoms with Crippen LogP contribution in [0.15, 0.2) is 53.2 Å². The number of carbonyl (C=O) groups is 1. The van der Waals surface area contributed by atoms with Crippen molar-refractivity contribution < 1.29 is 41.5 Å². The van der Waals surface area contributed by atoms with E-state index >= 15 is 0 Å². The first-order chi connectivity index (χ1) is 19.5. The van der Waals surface area contributed by atoms with Gasteiger partial charge in [-0.2, -0.15) is 23.3 Å². The van der Waals surface area contributed by atoms with Crippen LogP contribution in [0, 0.1) is 17.6 Å². The summed E-state index contributed by atoms with van der Waals surface area (Å²) in [7, 11) is 0. The van der Waals surface area contributed by atoms with Gasteiger partial charge in [-0.3, -0.25) is 4.79 Å². The van der Waals surface area contributed by atoms with Crippen molar-refractivity contribution in [2.45, 2.75) is 31.5 Å². The molecule has 5 rings (SSSR count). The van der Waals surface area contributed by atoms with Gasteiger partial charge in [0.25, 0.3) is 5.89 Å². The van der Waals surface area contributed by atoms with Crippen molar-refractivity contribution in [3.63, 3.8) is 0 Å². The highest BCUT2D eigenvalue weighted by atomic mass is 19.4. The Morgan fingerprint density at radius 2 is 1.90 bits per heavy atom. The average Bonchev–Trinajstić information content (AvgIpc) is 3.56. The lowest BCUT2D eigenvalue weighted by Gasteiger charge is -2.33. The Hall–Kier alpha value is -4.17. The molecule has 216 valence electrons. The molecule has 2 aromatic heterocycles. The number of hydrogen-bond acceptors (Lipinski definition) is 7. The van der Waals surface area contributed by atoms with Crippen molar-refractivity contribution in [1.82, 2.24) is 24.8 Å². The van der Waals surface area contributed by atoms with E-state index in [1.165, 1.54) is 0 Å². The van der Waals surface area contributed by atoms with E-state index in [0.29, 0.717) is 35.0 Å². The van der Waals surface area contributed by atoms with Crippen LogP contribution in [0.1, 0.15) is 36.6 Å². The molecule has 14 heteroatoms. The predicted molar refractivity (Wildman–Crippen MR) is 134 cm³/mol. The van der Waals surface area contributed by atoms with Crippen molar-refractivity contribution in [3.8, 4) is 28.5 Å². The first-order valence-electron chi connectivity index (χ1n) is 12.7. The Balaban J connectivity index is 1.34. The van der Waals surface area contributed by atoms with Crippen LogP contribution in [0.5, 0.6) is 0 Å². The minimum atomic E-state index is -5.00. The Labute approximate surface area is 229 Å². The number of alkyl halides is 3. The van der Waals surface area contributed by atoms with Crippen molar-refractivity contribution in [2.24, 2.45) is 5.92 Å². The first-order valence-corrected chi connectivity index (χ1v) is 12.7. The van der Waals surface area contributed by atoms with E-state index in [1.807, 2.05) is 4.90 Å². The summed E-state index contributed by atoms with van der Waals surface area (Å²) in [6.07, 6.45) is -3.28. The van der Waals surface area contributed by atoms with Crippen LogP contribution >= 0.6 is 0 Å². The Bertz CT molecular complexity index is 1540. The zero-order chi connectivity index (χ0) is 29.3. The molecule has 41 heavy (non-hydrogen) atoms. The molecule has 0 spiro atoms. The van der Waals surface area contributed by atoms with Gasteiger partial charge in [-0.1, -0.05) is 29.4 Å². The van der Waals surface area contributed by atoms with Crippen LogP contribution in [-0.4, -0.2) is 60.6 Å². The van der Waals surface area contributed by atoms with Crippen molar-refractivity contribution in [1.29, 1.82) is 0 Å². The number of hydrogen-bond donors (Lipinski definition) is 2. The molecule has 1 saturated heterocycles. The second kappa shape index (κ2) is 11.4. The number of benzene rings is 2. The van der Waals surface area contributed by atoms with Crippen LogP contribution in [0.3, 0.4) is 0 Å². The standard InChI is InChI=1S/C27H24F5N5O4/c28-18-7-8-21(20(29)11-18)37-24(27(30,31)32)19(12-33-37)26-34-25(35-41-26)17-5-3-16(4-6-17)22(38)14-36-9-1-2-15(13-36)10-23(39)40/h3-8,11-12,15,22,38H,1-2,9-10,13-14H2,(H,39,40). The number of β-amino-alcohol motifs (C(OH)–C–C–N with tert-alkyl or cyclic N) is 1. The second-order valence-corrected chi connectivity index (χ2v) is 9.84. The molecule has 4 aromatic rings. The lowest BCUT2D eigenvalue weighted by molar-refractivity contribution is -0.142.